The number of hydrogen-bond donors (Lipinski definition) is 1. The van der Waals surface area contributed by atoms with Gasteiger partial charge in [-0.25, -0.2) is 4.79 Å². The highest BCUT2D eigenvalue weighted by atomic mass is 16.5. The summed E-state index contributed by atoms with van der Waals surface area (Å²) in [6, 6.07) is -1.20. The summed E-state index contributed by atoms with van der Waals surface area (Å²) in [5, 5.41) is 6.69. The van der Waals surface area contributed by atoms with Gasteiger partial charge >= 0.3 is 6.03 Å². The number of amides is 4. The standard InChI is InChI=1S/C17H24N4O4/c1-3-8-21-16(23)12(18-17(21)24)9-15(22)20(2)10-13-11-6-4-5-7-14(11)25-19-13/h12H,3-10H2,1-2H3,(H,18,24)/t12-/m1/s1. The molecule has 8 heteroatoms. The first-order valence-electron chi connectivity index (χ1n) is 8.83. The van der Waals surface area contributed by atoms with E-state index in [-0.39, 0.29) is 18.2 Å². The van der Waals surface area contributed by atoms with Crippen LogP contribution in [0.5, 0.6) is 0 Å². The minimum absolute atomic E-state index is 0.0403. The average molecular weight is 348 g/mol. The van der Waals surface area contributed by atoms with E-state index in [0.29, 0.717) is 19.5 Å². The van der Waals surface area contributed by atoms with Crippen molar-refractivity contribution in [2.45, 2.75) is 58.0 Å². The molecule has 3 rings (SSSR count). The van der Waals surface area contributed by atoms with Crippen molar-refractivity contribution in [2.24, 2.45) is 0 Å². The molecule has 1 fully saturated rings. The molecule has 1 aliphatic carbocycles. The van der Waals surface area contributed by atoms with Gasteiger partial charge in [0.15, 0.2) is 0 Å². The van der Waals surface area contributed by atoms with Gasteiger partial charge in [0.1, 0.15) is 17.5 Å². The third-order valence-electron chi connectivity index (χ3n) is 4.78. The minimum Gasteiger partial charge on any atom is -0.361 e. The molecule has 136 valence electrons. The Labute approximate surface area is 146 Å². The molecule has 0 bridgehead atoms. The Hall–Kier alpha value is -2.38. The van der Waals surface area contributed by atoms with Crippen LogP contribution < -0.4 is 5.32 Å². The lowest BCUT2D eigenvalue weighted by Crippen LogP contribution is -2.37. The van der Waals surface area contributed by atoms with Crippen LogP contribution in [0.3, 0.4) is 0 Å². The van der Waals surface area contributed by atoms with Crippen LogP contribution >= 0.6 is 0 Å². The second kappa shape index (κ2) is 7.25. The molecule has 1 aromatic rings. The number of rotatable bonds is 6. The first kappa shape index (κ1) is 17.4. The fourth-order valence-electron chi connectivity index (χ4n) is 3.37. The van der Waals surface area contributed by atoms with Gasteiger partial charge in [0.25, 0.3) is 5.91 Å². The topological polar surface area (TPSA) is 95.8 Å². The molecule has 0 saturated carbocycles. The molecule has 0 spiro atoms. The number of fused-ring (bicyclic) bond motifs is 1. The highest BCUT2D eigenvalue weighted by Gasteiger charge is 2.39. The molecule has 0 aromatic carbocycles. The second-order valence-corrected chi connectivity index (χ2v) is 6.68. The van der Waals surface area contributed by atoms with Gasteiger partial charge in [-0.2, -0.15) is 0 Å². The Morgan fingerprint density at radius 1 is 1.36 bits per heavy atom. The van der Waals surface area contributed by atoms with Crippen LogP contribution in [0.25, 0.3) is 0 Å². The molecular formula is C17H24N4O4. The van der Waals surface area contributed by atoms with E-state index in [1.807, 2.05) is 6.92 Å². The molecule has 4 amide bonds. The zero-order valence-corrected chi connectivity index (χ0v) is 14.7. The number of aryl methyl sites for hydroxylation is 1. The Bertz CT molecular complexity index is 684. The maximum atomic E-state index is 12.5. The average Bonchev–Trinajstić information content (AvgIpc) is 3.11. The molecule has 1 saturated heterocycles. The van der Waals surface area contributed by atoms with E-state index in [1.54, 1.807) is 7.05 Å². The summed E-state index contributed by atoms with van der Waals surface area (Å²) in [6.45, 7) is 2.62. The summed E-state index contributed by atoms with van der Waals surface area (Å²) in [5.74, 6) is 0.396. The lowest BCUT2D eigenvalue weighted by Gasteiger charge is -2.19. The van der Waals surface area contributed by atoms with E-state index in [0.717, 1.165) is 42.7 Å². The fourth-order valence-corrected chi connectivity index (χ4v) is 3.37. The number of urea groups is 1. The fraction of sp³-hybridized carbons (Fsp3) is 0.647. The van der Waals surface area contributed by atoms with E-state index in [2.05, 4.69) is 10.5 Å². The zero-order valence-electron chi connectivity index (χ0n) is 14.7. The summed E-state index contributed by atoms with van der Waals surface area (Å²) in [4.78, 5) is 39.2. The minimum atomic E-state index is -0.778. The van der Waals surface area contributed by atoms with Gasteiger partial charge in [-0.15, -0.1) is 0 Å². The molecule has 0 unspecified atom stereocenters. The molecule has 1 aliphatic heterocycles. The largest absolute Gasteiger partial charge is 0.361 e. The smallest absolute Gasteiger partial charge is 0.324 e. The number of carbonyl (C=O) groups excluding carboxylic acids is 3. The van der Waals surface area contributed by atoms with E-state index in [4.69, 9.17) is 4.52 Å². The van der Waals surface area contributed by atoms with Gasteiger partial charge in [0.05, 0.1) is 13.0 Å². The molecule has 8 nitrogen and oxygen atoms in total. The normalized spacial score (nSPS) is 19.8. The van der Waals surface area contributed by atoms with Crippen molar-refractivity contribution in [3.8, 4) is 0 Å². The van der Waals surface area contributed by atoms with Crippen LogP contribution in [0.4, 0.5) is 4.79 Å². The number of carbonyl (C=O) groups is 3. The Morgan fingerprint density at radius 2 is 2.12 bits per heavy atom. The number of nitrogens with one attached hydrogen (secondary N) is 1. The van der Waals surface area contributed by atoms with Gasteiger partial charge in [0, 0.05) is 25.6 Å². The van der Waals surface area contributed by atoms with E-state index in [1.165, 1.54) is 9.80 Å². The number of nitrogens with zero attached hydrogens (tertiary/aromatic N) is 3. The number of hydrogen-bond acceptors (Lipinski definition) is 5. The van der Waals surface area contributed by atoms with Crippen LogP contribution in [-0.4, -0.2) is 52.4 Å². The molecule has 25 heavy (non-hydrogen) atoms. The van der Waals surface area contributed by atoms with E-state index >= 15 is 0 Å². The van der Waals surface area contributed by atoms with Gasteiger partial charge in [0.2, 0.25) is 5.91 Å². The molecule has 1 atom stereocenters. The van der Waals surface area contributed by atoms with Crippen molar-refractivity contribution in [1.82, 2.24) is 20.3 Å². The van der Waals surface area contributed by atoms with E-state index < -0.39 is 12.1 Å². The third kappa shape index (κ3) is 3.52. The number of aromatic nitrogens is 1. The van der Waals surface area contributed by atoms with Crippen molar-refractivity contribution in [1.29, 1.82) is 0 Å². The van der Waals surface area contributed by atoms with Gasteiger partial charge < -0.3 is 14.7 Å². The van der Waals surface area contributed by atoms with Crippen LogP contribution in [0.1, 0.15) is 49.6 Å². The Kier molecular flexibility index (Phi) is 5.06. The van der Waals surface area contributed by atoms with Gasteiger partial charge in [-0.05, 0) is 25.7 Å². The van der Waals surface area contributed by atoms with Crippen molar-refractivity contribution in [3.05, 3.63) is 17.0 Å². The summed E-state index contributed by atoms with van der Waals surface area (Å²) in [5.41, 5.74) is 1.91. The lowest BCUT2D eigenvalue weighted by molar-refractivity contribution is -0.135. The Morgan fingerprint density at radius 3 is 2.88 bits per heavy atom. The second-order valence-electron chi connectivity index (χ2n) is 6.68. The SMILES string of the molecule is CCCN1C(=O)N[C@H](CC(=O)N(C)Cc2noc3c2CCCC3)C1=O. The van der Waals surface area contributed by atoms with Crippen LogP contribution in [0.15, 0.2) is 4.52 Å². The predicted molar refractivity (Wildman–Crippen MR) is 88.6 cm³/mol. The highest BCUT2D eigenvalue weighted by Crippen LogP contribution is 2.25. The van der Waals surface area contributed by atoms with Crippen molar-refractivity contribution >= 4 is 17.8 Å². The first-order valence-corrected chi connectivity index (χ1v) is 8.83. The van der Waals surface area contributed by atoms with Gasteiger partial charge in [-0.3, -0.25) is 14.5 Å². The molecule has 0 radical (unpaired) electrons. The first-order chi connectivity index (χ1) is 12.0. The molecule has 2 aliphatic rings. The summed E-state index contributed by atoms with van der Waals surface area (Å²) < 4.78 is 5.37. The Balaban J connectivity index is 1.59. The van der Waals surface area contributed by atoms with Crippen molar-refractivity contribution < 1.29 is 18.9 Å². The van der Waals surface area contributed by atoms with E-state index in [9.17, 15) is 14.4 Å². The third-order valence-corrected chi connectivity index (χ3v) is 4.78. The van der Waals surface area contributed by atoms with Crippen LogP contribution in [0, 0.1) is 0 Å². The predicted octanol–water partition coefficient (Wildman–Crippen LogP) is 1.23. The van der Waals surface area contributed by atoms with Gasteiger partial charge in [-0.1, -0.05) is 12.1 Å². The van der Waals surface area contributed by atoms with Crippen LogP contribution in [-0.2, 0) is 29.0 Å². The molecule has 2 heterocycles. The molecule has 1 aromatic heterocycles. The van der Waals surface area contributed by atoms with Crippen molar-refractivity contribution in [3.63, 3.8) is 0 Å². The zero-order chi connectivity index (χ0) is 18.0. The maximum Gasteiger partial charge on any atom is 0.324 e. The van der Waals surface area contributed by atoms with Crippen LogP contribution in [0.2, 0.25) is 0 Å². The summed E-state index contributed by atoms with van der Waals surface area (Å²) >= 11 is 0. The molecule has 1 N–H and O–H groups in total. The summed E-state index contributed by atoms with van der Waals surface area (Å²) in [6.07, 6.45) is 4.69. The lowest BCUT2D eigenvalue weighted by atomic mass is 9.96. The number of imide groups is 1. The maximum absolute atomic E-state index is 12.5. The van der Waals surface area contributed by atoms with Crippen molar-refractivity contribution in [2.75, 3.05) is 13.6 Å². The monoisotopic (exact) mass is 348 g/mol. The quantitative estimate of drug-likeness (QED) is 0.780. The highest BCUT2D eigenvalue weighted by molar-refractivity contribution is 6.05. The summed E-state index contributed by atoms with van der Waals surface area (Å²) in [7, 11) is 1.68. The molecular weight excluding hydrogens is 324 g/mol.